The monoisotopic (exact) mass is 226 g/mol. The first kappa shape index (κ1) is 12.4. The van der Waals surface area contributed by atoms with Gasteiger partial charge in [0.05, 0.1) is 6.10 Å². The molecule has 0 radical (unpaired) electrons. The molecular formula is C11H15FN2O2. The fourth-order valence-corrected chi connectivity index (χ4v) is 1.23. The largest absolute Gasteiger partial charge is 0.392 e. The topological polar surface area (TPSA) is 52.6 Å². The summed E-state index contributed by atoms with van der Waals surface area (Å²) in [6.07, 6.45) is -0.580. The summed E-state index contributed by atoms with van der Waals surface area (Å²) >= 11 is 0. The molecule has 1 aromatic rings. The van der Waals surface area contributed by atoms with E-state index in [1.807, 2.05) is 0 Å². The summed E-state index contributed by atoms with van der Waals surface area (Å²) < 4.78 is 12.6. The predicted octanol–water partition coefficient (Wildman–Crippen LogP) is 1.67. The number of likely N-dealkylation sites (N-methyl/N-ethyl adjacent to an activating group) is 1. The molecule has 0 aliphatic heterocycles. The van der Waals surface area contributed by atoms with Crippen molar-refractivity contribution >= 4 is 11.7 Å². The van der Waals surface area contributed by atoms with E-state index >= 15 is 0 Å². The van der Waals surface area contributed by atoms with Crippen LogP contribution < -0.4 is 5.32 Å². The molecule has 0 heterocycles. The van der Waals surface area contributed by atoms with Gasteiger partial charge in [-0.05, 0) is 31.2 Å². The zero-order valence-corrected chi connectivity index (χ0v) is 9.27. The molecule has 0 bridgehead atoms. The molecule has 0 aliphatic rings. The normalized spacial score (nSPS) is 12.0. The van der Waals surface area contributed by atoms with Crippen molar-refractivity contribution in [2.45, 2.75) is 13.0 Å². The van der Waals surface area contributed by atoms with Gasteiger partial charge in [-0.2, -0.15) is 0 Å². The van der Waals surface area contributed by atoms with Crippen LogP contribution in [-0.4, -0.2) is 35.7 Å². The predicted molar refractivity (Wildman–Crippen MR) is 59.7 cm³/mol. The second-order valence-electron chi connectivity index (χ2n) is 3.67. The van der Waals surface area contributed by atoms with Gasteiger partial charge in [0.2, 0.25) is 0 Å². The van der Waals surface area contributed by atoms with E-state index in [4.69, 9.17) is 5.11 Å². The van der Waals surface area contributed by atoms with Crippen LogP contribution in [-0.2, 0) is 0 Å². The summed E-state index contributed by atoms with van der Waals surface area (Å²) in [4.78, 5) is 12.9. The first-order valence-corrected chi connectivity index (χ1v) is 4.95. The van der Waals surface area contributed by atoms with Crippen LogP contribution in [0.15, 0.2) is 24.3 Å². The molecule has 1 unspecified atom stereocenters. The number of aliphatic hydroxyl groups is 1. The Balaban J connectivity index is 2.54. The summed E-state index contributed by atoms with van der Waals surface area (Å²) in [5.41, 5.74) is 0.517. The summed E-state index contributed by atoms with van der Waals surface area (Å²) in [5.74, 6) is -0.352. The minimum absolute atomic E-state index is 0.243. The molecular weight excluding hydrogens is 211 g/mol. The minimum Gasteiger partial charge on any atom is -0.392 e. The Morgan fingerprint density at radius 3 is 2.56 bits per heavy atom. The standard InChI is InChI=1S/C11H15FN2O2/c1-8(15)7-14(2)11(16)13-10-5-3-9(12)4-6-10/h3-6,8,15H,7H2,1-2H3,(H,13,16). The van der Waals surface area contributed by atoms with E-state index in [1.54, 1.807) is 14.0 Å². The average molecular weight is 226 g/mol. The average Bonchev–Trinajstić information content (AvgIpc) is 2.20. The minimum atomic E-state index is -0.580. The van der Waals surface area contributed by atoms with Gasteiger partial charge in [-0.25, -0.2) is 9.18 Å². The van der Waals surface area contributed by atoms with E-state index in [9.17, 15) is 9.18 Å². The molecule has 0 aromatic heterocycles. The van der Waals surface area contributed by atoms with Gasteiger partial charge in [0.1, 0.15) is 5.82 Å². The van der Waals surface area contributed by atoms with Gasteiger partial charge in [0.15, 0.2) is 0 Å². The molecule has 0 spiro atoms. The number of benzene rings is 1. The van der Waals surface area contributed by atoms with E-state index in [2.05, 4.69) is 5.32 Å². The number of urea groups is 1. The van der Waals surface area contributed by atoms with Crippen molar-refractivity contribution in [3.8, 4) is 0 Å². The zero-order chi connectivity index (χ0) is 12.1. The summed E-state index contributed by atoms with van der Waals surface area (Å²) in [6, 6.07) is 5.15. The highest BCUT2D eigenvalue weighted by atomic mass is 19.1. The Labute approximate surface area is 93.7 Å². The molecule has 1 rings (SSSR count). The highest BCUT2D eigenvalue weighted by Gasteiger charge is 2.10. The summed E-state index contributed by atoms with van der Waals surface area (Å²) in [5, 5.41) is 11.7. The van der Waals surface area contributed by atoms with E-state index < -0.39 is 6.10 Å². The lowest BCUT2D eigenvalue weighted by molar-refractivity contribution is 0.149. The number of anilines is 1. The third-order valence-electron chi connectivity index (χ3n) is 1.98. The van der Waals surface area contributed by atoms with Crippen molar-refractivity contribution in [3.63, 3.8) is 0 Å². The van der Waals surface area contributed by atoms with Gasteiger partial charge in [0, 0.05) is 19.3 Å². The number of nitrogens with one attached hydrogen (secondary N) is 1. The van der Waals surface area contributed by atoms with E-state index in [-0.39, 0.29) is 18.4 Å². The zero-order valence-electron chi connectivity index (χ0n) is 9.27. The molecule has 0 aliphatic carbocycles. The van der Waals surface area contributed by atoms with E-state index in [0.717, 1.165) is 0 Å². The smallest absolute Gasteiger partial charge is 0.321 e. The molecule has 2 amide bonds. The van der Waals surface area contributed by atoms with Crippen LogP contribution in [0.2, 0.25) is 0 Å². The van der Waals surface area contributed by atoms with Crippen molar-refractivity contribution in [2.75, 3.05) is 18.9 Å². The maximum Gasteiger partial charge on any atom is 0.321 e. The van der Waals surface area contributed by atoms with Gasteiger partial charge in [-0.15, -0.1) is 0 Å². The van der Waals surface area contributed by atoms with Crippen molar-refractivity contribution in [2.24, 2.45) is 0 Å². The van der Waals surface area contributed by atoms with E-state index in [0.29, 0.717) is 5.69 Å². The molecule has 4 nitrogen and oxygen atoms in total. The fraction of sp³-hybridized carbons (Fsp3) is 0.364. The number of carbonyl (C=O) groups is 1. The third kappa shape index (κ3) is 3.86. The second kappa shape index (κ2) is 5.46. The molecule has 16 heavy (non-hydrogen) atoms. The van der Waals surface area contributed by atoms with Crippen LogP contribution in [0.3, 0.4) is 0 Å². The Hall–Kier alpha value is -1.62. The van der Waals surface area contributed by atoms with Crippen molar-refractivity contribution in [1.82, 2.24) is 4.90 Å². The van der Waals surface area contributed by atoms with Gasteiger partial charge in [-0.3, -0.25) is 0 Å². The third-order valence-corrected chi connectivity index (χ3v) is 1.98. The molecule has 88 valence electrons. The van der Waals surface area contributed by atoms with E-state index in [1.165, 1.54) is 29.2 Å². The van der Waals surface area contributed by atoms with Crippen LogP contribution in [0.1, 0.15) is 6.92 Å². The number of hydrogen-bond acceptors (Lipinski definition) is 2. The lowest BCUT2D eigenvalue weighted by Crippen LogP contribution is -2.36. The van der Waals surface area contributed by atoms with Crippen molar-refractivity contribution < 1.29 is 14.3 Å². The summed E-state index contributed by atoms with van der Waals surface area (Å²) in [6.45, 7) is 1.84. The van der Waals surface area contributed by atoms with Gasteiger partial charge >= 0.3 is 6.03 Å². The summed E-state index contributed by atoms with van der Waals surface area (Å²) in [7, 11) is 1.57. The van der Waals surface area contributed by atoms with Gasteiger partial charge in [0.25, 0.3) is 0 Å². The number of amides is 2. The lowest BCUT2D eigenvalue weighted by Gasteiger charge is -2.19. The molecule has 2 N–H and O–H groups in total. The first-order valence-electron chi connectivity index (χ1n) is 4.95. The van der Waals surface area contributed by atoms with Gasteiger partial charge < -0.3 is 15.3 Å². The lowest BCUT2D eigenvalue weighted by atomic mass is 10.3. The van der Waals surface area contributed by atoms with Crippen molar-refractivity contribution in [3.05, 3.63) is 30.1 Å². The Bertz CT molecular complexity index is 352. The van der Waals surface area contributed by atoms with Crippen LogP contribution in [0.25, 0.3) is 0 Å². The first-order chi connectivity index (χ1) is 7.49. The SMILES string of the molecule is CC(O)CN(C)C(=O)Nc1ccc(F)cc1. The molecule has 0 saturated heterocycles. The Morgan fingerprint density at radius 1 is 1.50 bits per heavy atom. The molecule has 1 aromatic carbocycles. The number of halogens is 1. The van der Waals surface area contributed by atoms with Crippen LogP contribution in [0.4, 0.5) is 14.9 Å². The van der Waals surface area contributed by atoms with Crippen LogP contribution in [0, 0.1) is 5.82 Å². The second-order valence-corrected chi connectivity index (χ2v) is 3.67. The molecule has 5 heteroatoms. The number of aliphatic hydroxyl groups excluding tert-OH is 1. The maximum absolute atomic E-state index is 12.6. The maximum atomic E-state index is 12.6. The highest BCUT2D eigenvalue weighted by Crippen LogP contribution is 2.08. The number of carbonyl (C=O) groups excluding carboxylic acids is 1. The Kier molecular flexibility index (Phi) is 4.25. The number of rotatable bonds is 3. The Morgan fingerprint density at radius 2 is 2.06 bits per heavy atom. The number of nitrogens with zero attached hydrogens (tertiary/aromatic N) is 1. The number of hydrogen-bond donors (Lipinski definition) is 2. The molecule has 0 saturated carbocycles. The highest BCUT2D eigenvalue weighted by molar-refractivity contribution is 5.89. The van der Waals surface area contributed by atoms with Crippen LogP contribution >= 0.6 is 0 Å². The van der Waals surface area contributed by atoms with Gasteiger partial charge in [-0.1, -0.05) is 0 Å². The molecule has 1 atom stereocenters. The molecule has 0 fully saturated rings. The van der Waals surface area contributed by atoms with Crippen molar-refractivity contribution in [1.29, 1.82) is 0 Å². The fourth-order valence-electron chi connectivity index (χ4n) is 1.23. The van der Waals surface area contributed by atoms with Crippen LogP contribution in [0.5, 0.6) is 0 Å². The quantitative estimate of drug-likeness (QED) is 0.823.